The van der Waals surface area contributed by atoms with Crippen molar-refractivity contribution in [1.82, 2.24) is 0 Å². The predicted molar refractivity (Wildman–Crippen MR) is 40.2 cm³/mol. The van der Waals surface area contributed by atoms with Crippen molar-refractivity contribution in [2.75, 3.05) is 12.5 Å². The number of halogens is 1. The van der Waals surface area contributed by atoms with Crippen molar-refractivity contribution in [2.45, 2.75) is 19.5 Å². The van der Waals surface area contributed by atoms with Gasteiger partial charge in [0.1, 0.15) is 0 Å². The van der Waals surface area contributed by atoms with Gasteiger partial charge in [0.05, 0.1) is 0 Å². The van der Waals surface area contributed by atoms with Crippen molar-refractivity contribution in [3.63, 3.8) is 0 Å². The third kappa shape index (κ3) is 4.62. The molecule has 0 rings (SSSR count). The quantitative estimate of drug-likeness (QED) is 0.440. The van der Waals surface area contributed by atoms with Crippen LogP contribution in [0, 0.1) is 0 Å². The summed E-state index contributed by atoms with van der Waals surface area (Å²) in [4.78, 5) is 0. The molecule has 1 nitrogen and oxygen atoms in total. The monoisotopic (exact) mass is 152 g/mol. The number of hydrogen-bond donors (Lipinski definition) is 0. The smallest absolute Gasteiger partial charge is 0.175 e. The highest BCUT2D eigenvalue weighted by Gasteiger charge is 1.99. The zero-order valence-electron chi connectivity index (χ0n) is 5.48. The molecule has 0 aliphatic rings. The summed E-state index contributed by atoms with van der Waals surface area (Å²) in [6.45, 7) is 5.05. The van der Waals surface area contributed by atoms with E-state index >= 15 is 0 Å². The van der Waals surface area contributed by atoms with Crippen molar-refractivity contribution >= 4 is 20.6 Å². The van der Waals surface area contributed by atoms with Crippen molar-refractivity contribution in [2.24, 2.45) is 0 Å². The molecule has 8 heavy (non-hydrogen) atoms. The van der Waals surface area contributed by atoms with Crippen LogP contribution in [0.15, 0.2) is 0 Å². The van der Waals surface area contributed by atoms with E-state index in [2.05, 4.69) is 6.55 Å². The van der Waals surface area contributed by atoms with Gasteiger partial charge in [-0.05, 0) is 19.5 Å². The molecule has 0 N–H and O–H groups in total. The van der Waals surface area contributed by atoms with E-state index in [0.717, 1.165) is 18.5 Å². The van der Waals surface area contributed by atoms with Crippen LogP contribution in [-0.4, -0.2) is 21.5 Å². The van der Waals surface area contributed by atoms with Crippen LogP contribution < -0.4 is 0 Å². The maximum atomic E-state index is 5.49. The van der Waals surface area contributed by atoms with Crippen LogP contribution in [0.2, 0.25) is 12.6 Å². The molecule has 0 spiro atoms. The minimum absolute atomic E-state index is 0.757. The molecule has 3 heteroatoms. The first-order chi connectivity index (χ1) is 3.81. The Labute approximate surface area is 57.7 Å². The van der Waals surface area contributed by atoms with E-state index in [4.69, 9.17) is 16.0 Å². The highest BCUT2D eigenvalue weighted by Crippen LogP contribution is 1.95. The van der Waals surface area contributed by atoms with Gasteiger partial charge in [0.2, 0.25) is 0 Å². The van der Waals surface area contributed by atoms with E-state index in [1.807, 2.05) is 6.92 Å². The first-order valence-electron chi connectivity index (χ1n) is 2.98. The van der Waals surface area contributed by atoms with Gasteiger partial charge < -0.3 is 4.43 Å². The van der Waals surface area contributed by atoms with Crippen molar-refractivity contribution in [1.29, 1.82) is 0 Å². The van der Waals surface area contributed by atoms with Crippen LogP contribution in [-0.2, 0) is 4.43 Å². The molecule has 0 saturated heterocycles. The molecule has 0 bridgehead atoms. The van der Waals surface area contributed by atoms with E-state index in [-0.39, 0.29) is 0 Å². The standard InChI is InChI=1S/C5H13ClOSi/c1-3-7-8(2)5-4-6/h8H,3-5H2,1-2H3. The minimum atomic E-state index is -0.834. The molecular formula is C5H13ClOSi. The van der Waals surface area contributed by atoms with E-state index < -0.39 is 9.04 Å². The summed E-state index contributed by atoms with van der Waals surface area (Å²) in [5.74, 6) is 0.757. The van der Waals surface area contributed by atoms with Crippen LogP contribution in [0.25, 0.3) is 0 Å². The maximum Gasteiger partial charge on any atom is 0.175 e. The Balaban J connectivity index is 2.92. The molecule has 0 aliphatic heterocycles. The second kappa shape index (κ2) is 5.60. The fourth-order valence-corrected chi connectivity index (χ4v) is 2.49. The molecule has 1 atom stereocenters. The molecule has 50 valence electrons. The fourth-order valence-electron chi connectivity index (χ4n) is 0.522. The second-order valence-electron chi connectivity index (χ2n) is 1.74. The average molecular weight is 153 g/mol. The van der Waals surface area contributed by atoms with Crippen LogP contribution in [0.1, 0.15) is 6.92 Å². The number of rotatable bonds is 4. The topological polar surface area (TPSA) is 9.23 Å². The Morgan fingerprint density at radius 3 is 2.62 bits per heavy atom. The summed E-state index contributed by atoms with van der Waals surface area (Å²) >= 11 is 5.49. The van der Waals surface area contributed by atoms with E-state index in [1.165, 1.54) is 0 Å². The molecule has 1 unspecified atom stereocenters. The third-order valence-electron chi connectivity index (χ3n) is 0.967. The Morgan fingerprint density at radius 2 is 2.25 bits per heavy atom. The zero-order valence-corrected chi connectivity index (χ0v) is 7.40. The van der Waals surface area contributed by atoms with Crippen LogP contribution in [0.5, 0.6) is 0 Å². The van der Waals surface area contributed by atoms with Gasteiger partial charge >= 0.3 is 0 Å². The van der Waals surface area contributed by atoms with Crippen LogP contribution in [0.3, 0.4) is 0 Å². The molecule has 0 amide bonds. The van der Waals surface area contributed by atoms with Crippen LogP contribution >= 0.6 is 11.6 Å². The Bertz CT molecular complexity index is 45.7. The lowest BCUT2D eigenvalue weighted by Gasteiger charge is -2.05. The first-order valence-corrected chi connectivity index (χ1v) is 5.96. The molecular weight excluding hydrogens is 140 g/mol. The highest BCUT2D eigenvalue weighted by atomic mass is 35.5. The van der Waals surface area contributed by atoms with E-state index in [0.29, 0.717) is 0 Å². The molecule has 0 radical (unpaired) electrons. The molecule has 0 heterocycles. The SMILES string of the molecule is CCO[SiH](C)CCCl. The summed E-state index contributed by atoms with van der Waals surface area (Å²) in [5.41, 5.74) is 0. The van der Waals surface area contributed by atoms with Gasteiger partial charge in [0.25, 0.3) is 0 Å². The summed E-state index contributed by atoms with van der Waals surface area (Å²) in [5, 5.41) is 0. The van der Waals surface area contributed by atoms with Gasteiger partial charge in [0.15, 0.2) is 9.04 Å². The summed E-state index contributed by atoms with van der Waals surface area (Å²) < 4.78 is 5.34. The molecule has 0 aromatic heterocycles. The van der Waals surface area contributed by atoms with Gasteiger partial charge in [0, 0.05) is 12.5 Å². The lowest BCUT2D eigenvalue weighted by molar-refractivity contribution is 0.347. The number of alkyl halides is 1. The summed E-state index contributed by atoms with van der Waals surface area (Å²) in [6, 6.07) is 1.09. The molecule has 0 saturated carbocycles. The van der Waals surface area contributed by atoms with Gasteiger partial charge in [-0.2, -0.15) is 0 Å². The Kier molecular flexibility index (Phi) is 5.93. The van der Waals surface area contributed by atoms with Gasteiger partial charge in [-0.15, -0.1) is 11.6 Å². The second-order valence-corrected chi connectivity index (χ2v) is 4.65. The average Bonchev–Trinajstić information content (AvgIpc) is 1.68. The zero-order chi connectivity index (χ0) is 6.41. The normalized spacial score (nSPS) is 13.9. The third-order valence-corrected chi connectivity index (χ3v) is 3.56. The largest absolute Gasteiger partial charge is 0.421 e. The lowest BCUT2D eigenvalue weighted by Crippen LogP contribution is -2.12. The molecule has 0 aromatic rings. The molecule has 0 fully saturated rings. The molecule has 0 aliphatic carbocycles. The highest BCUT2D eigenvalue weighted by molar-refractivity contribution is 6.51. The molecule has 0 aromatic carbocycles. The van der Waals surface area contributed by atoms with Crippen molar-refractivity contribution < 1.29 is 4.43 Å². The Hall–Kier alpha value is 0.467. The lowest BCUT2D eigenvalue weighted by atomic mass is 10.9. The minimum Gasteiger partial charge on any atom is -0.421 e. The van der Waals surface area contributed by atoms with Crippen LogP contribution in [0.4, 0.5) is 0 Å². The maximum absolute atomic E-state index is 5.49. The predicted octanol–water partition coefficient (Wildman–Crippen LogP) is 1.62. The van der Waals surface area contributed by atoms with Gasteiger partial charge in [-0.1, -0.05) is 0 Å². The summed E-state index contributed by atoms with van der Waals surface area (Å²) in [6.07, 6.45) is 0. The fraction of sp³-hybridized carbons (Fsp3) is 1.00. The number of hydrogen-bond acceptors (Lipinski definition) is 1. The Morgan fingerprint density at radius 1 is 1.62 bits per heavy atom. The first kappa shape index (κ1) is 8.47. The van der Waals surface area contributed by atoms with Crippen molar-refractivity contribution in [3.05, 3.63) is 0 Å². The van der Waals surface area contributed by atoms with E-state index in [1.54, 1.807) is 0 Å². The summed E-state index contributed by atoms with van der Waals surface area (Å²) in [7, 11) is -0.834. The van der Waals surface area contributed by atoms with Crippen molar-refractivity contribution in [3.8, 4) is 0 Å². The van der Waals surface area contributed by atoms with Gasteiger partial charge in [-0.25, -0.2) is 0 Å². The van der Waals surface area contributed by atoms with Gasteiger partial charge in [-0.3, -0.25) is 0 Å². The van der Waals surface area contributed by atoms with E-state index in [9.17, 15) is 0 Å².